The molecule has 2 aliphatic carbocycles. The molecule has 38 heavy (non-hydrogen) atoms. The zero-order valence-corrected chi connectivity index (χ0v) is 22.8. The third-order valence-corrected chi connectivity index (χ3v) is 6.89. The van der Waals surface area contributed by atoms with Gasteiger partial charge in [-0.3, -0.25) is 0 Å². The highest BCUT2D eigenvalue weighted by Crippen LogP contribution is 2.32. The Morgan fingerprint density at radius 2 is 1.82 bits per heavy atom. The van der Waals surface area contributed by atoms with Crippen molar-refractivity contribution < 1.29 is 33.6 Å². The number of unbranched alkanes of at least 4 members (excludes halogenated alkanes) is 4. The molecule has 0 saturated carbocycles. The van der Waals surface area contributed by atoms with Crippen LogP contribution in [0.4, 0.5) is 0 Å². The van der Waals surface area contributed by atoms with E-state index in [9.17, 15) is 14.7 Å². The van der Waals surface area contributed by atoms with E-state index in [2.05, 4.69) is 13.5 Å². The Balaban J connectivity index is 1.54. The fourth-order valence-corrected chi connectivity index (χ4v) is 4.65. The van der Waals surface area contributed by atoms with Gasteiger partial charge in [-0.25, -0.2) is 9.59 Å². The van der Waals surface area contributed by atoms with Crippen LogP contribution in [0.15, 0.2) is 71.3 Å². The fourth-order valence-electron chi connectivity index (χ4n) is 4.65. The summed E-state index contributed by atoms with van der Waals surface area (Å²) in [5.74, 6) is 0.702. The lowest BCUT2D eigenvalue weighted by Crippen LogP contribution is -2.29. The summed E-state index contributed by atoms with van der Waals surface area (Å²) >= 11 is 0. The van der Waals surface area contributed by atoms with E-state index >= 15 is 0 Å². The minimum atomic E-state index is -0.929. The summed E-state index contributed by atoms with van der Waals surface area (Å²) in [6, 6.07) is 0. The van der Waals surface area contributed by atoms with Gasteiger partial charge in [-0.2, -0.15) is 0 Å². The molecule has 0 aromatic carbocycles. The molecule has 1 aliphatic heterocycles. The minimum Gasteiger partial charge on any atom is -0.492 e. The predicted octanol–water partition coefficient (Wildman–Crippen LogP) is 6.27. The number of carbonyl (C=O) groups is 2. The maximum absolute atomic E-state index is 12.7. The monoisotopic (exact) mass is 526 g/mol. The molecule has 0 amide bonds. The molecule has 0 bridgehead atoms. The van der Waals surface area contributed by atoms with E-state index in [-0.39, 0.29) is 24.1 Å². The van der Waals surface area contributed by atoms with Gasteiger partial charge in [0, 0.05) is 30.9 Å². The minimum absolute atomic E-state index is 0.162. The predicted molar refractivity (Wildman–Crippen MR) is 146 cm³/mol. The van der Waals surface area contributed by atoms with Crippen molar-refractivity contribution in [2.75, 3.05) is 6.61 Å². The van der Waals surface area contributed by atoms with Crippen molar-refractivity contribution in [1.29, 1.82) is 0 Å². The second kappa shape index (κ2) is 15.5. The van der Waals surface area contributed by atoms with E-state index in [1.165, 1.54) is 25.3 Å². The smallest absolute Gasteiger partial charge is 0.339 e. The van der Waals surface area contributed by atoms with Crippen LogP contribution in [0.2, 0.25) is 0 Å². The van der Waals surface area contributed by atoms with Crippen molar-refractivity contribution in [1.82, 2.24) is 0 Å². The van der Waals surface area contributed by atoms with Crippen LogP contribution in [-0.4, -0.2) is 42.1 Å². The highest BCUT2D eigenvalue weighted by Gasteiger charge is 2.35. The first-order chi connectivity index (χ1) is 18.4. The van der Waals surface area contributed by atoms with Gasteiger partial charge in [0.15, 0.2) is 6.29 Å². The second-order valence-corrected chi connectivity index (χ2v) is 9.92. The highest BCUT2D eigenvalue weighted by atomic mass is 16.6. The Bertz CT molecular complexity index is 998. The lowest BCUT2D eigenvalue weighted by molar-refractivity contribution is -0.137. The van der Waals surface area contributed by atoms with Crippen LogP contribution < -0.4 is 0 Å². The van der Waals surface area contributed by atoms with Crippen molar-refractivity contribution >= 4 is 11.9 Å². The first-order valence-corrected chi connectivity index (χ1v) is 13.9. The molecular weight excluding hydrogens is 484 g/mol. The molecule has 7 nitrogen and oxygen atoms in total. The van der Waals surface area contributed by atoms with Crippen LogP contribution >= 0.6 is 0 Å². The number of hydrogen-bond donors (Lipinski definition) is 1. The van der Waals surface area contributed by atoms with E-state index in [0.29, 0.717) is 55.6 Å². The second-order valence-electron chi connectivity index (χ2n) is 9.92. The van der Waals surface area contributed by atoms with Crippen molar-refractivity contribution in [3.8, 4) is 0 Å². The lowest BCUT2D eigenvalue weighted by Gasteiger charge is -2.27. The SMILES string of the molecule is C=C1CC(C(CCCCCCC)OC2=CC=C(C(=O)OC3=CC=C(/C=C/C(=O)OCC)CC3)CC2)OC1O. The summed E-state index contributed by atoms with van der Waals surface area (Å²) in [6.45, 7) is 8.21. The van der Waals surface area contributed by atoms with Crippen LogP contribution in [0.3, 0.4) is 0 Å². The van der Waals surface area contributed by atoms with E-state index < -0.39 is 6.29 Å². The number of allylic oxidation sites excluding steroid dienone is 8. The zero-order valence-electron chi connectivity index (χ0n) is 22.8. The Labute approximate surface area is 226 Å². The van der Waals surface area contributed by atoms with Crippen molar-refractivity contribution in [2.24, 2.45) is 0 Å². The summed E-state index contributed by atoms with van der Waals surface area (Å²) < 4.78 is 22.6. The van der Waals surface area contributed by atoms with Crippen LogP contribution in [-0.2, 0) is 28.5 Å². The average Bonchev–Trinajstić information content (AvgIpc) is 3.25. The normalized spacial score (nSPS) is 22.3. The van der Waals surface area contributed by atoms with Gasteiger partial charge in [-0.1, -0.05) is 51.3 Å². The van der Waals surface area contributed by atoms with Crippen molar-refractivity contribution in [3.05, 3.63) is 71.3 Å². The summed E-state index contributed by atoms with van der Waals surface area (Å²) in [6.07, 6.45) is 18.7. The summed E-state index contributed by atoms with van der Waals surface area (Å²) in [5, 5.41) is 9.99. The van der Waals surface area contributed by atoms with E-state index in [1.807, 2.05) is 12.2 Å². The number of esters is 2. The van der Waals surface area contributed by atoms with Crippen molar-refractivity contribution in [3.63, 3.8) is 0 Å². The molecule has 1 fully saturated rings. The lowest BCUT2D eigenvalue weighted by atomic mass is 10.00. The van der Waals surface area contributed by atoms with Gasteiger partial charge in [0.25, 0.3) is 0 Å². The molecule has 0 spiro atoms. The molecule has 3 rings (SSSR count). The Kier molecular flexibility index (Phi) is 12.1. The summed E-state index contributed by atoms with van der Waals surface area (Å²) in [4.78, 5) is 24.2. The fraction of sp³-hybridized carbons (Fsp3) is 0.548. The molecule has 1 saturated heterocycles. The van der Waals surface area contributed by atoms with Crippen LogP contribution in [0.25, 0.3) is 0 Å². The van der Waals surface area contributed by atoms with E-state index in [0.717, 1.165) is 30.6 Å². The molecule has 0 aromatic rings. The topological polar surface area (TPSA) is 91.3 Å². The first kappa shape index (κ1) is 29.7. The van der Waals surface area contributed by atoms with Crippen molar-refractivity contribution in [2.45, 2.75) is 103 Å². The van der Waals surface area contributed by atoms with Crippen LogP contribution in [0.1, 0.15) is 84.5 Å². The van der Waals surface area contributed by atoms with E-state index in [1.54, 1.807) is 25.2 Å². The number of carbonyl (C=O) groups excluding carboxylic acids is 2. The maximum atomic E-state index is 12.7. The quantitative estimate of drug-likeness (QED) is 0.123. The Morgan fingerprint density at radius 1 is 1.05 bits per heavy atom. The van der Waals surface area contributed by atoms with Gasteiger partial charge >= 0.3 is 11.9 Å². The summed E-state index contributed by atoms with van der Waals surface area (Å²) in [7, 11) is 0. The van der Waals surface area contributed by atoms with Crippen LogP contribution in [0, 0.1) is 0 Å². The van der Waals surface area contributed by atoms with Gasteiger partial charge in [0.05, 0.1) is 12.4 Å². The molecule has 208 valence electrons. The molecule has 3 atom stereocenters. The van der Waals surface area contributed by atoms with Gasteiger partial charge in [-0.05, 0) is 62.0 Å². The third kappa shape index (κ3) is 9.44. The van der Waals surface area contributed by atoms with E-state index in [4.69, 9.17) is 18.9 Å². The molecule has 0 aromatic heterocycles. The molecule has 0 radical (unpaired) electrons. The number of rotatable bonds is 14. The van der Waals surface area contributed by atoms with Gasteiger partial charge in [0.2, 0.25) is 0 Å². The third-order valence-electron chi connectivity index (χ3n) is 6.89. The van der Waals surface area contributed by atoms with Gasteiger partial charge in [0.1, 0.15) is 18.0 Å². The highest BCUT2D eigenvalue weighted by molar-refractivity contribution is 5.90. The standard InChI is InChI=1S/C31H42O7/c1-4-6-7-8-9-10-27(28-21-22(3)30(33)38-28)36-25-18-14-24(15-19-25)31(34)37-26-16-11-23(12-17-26)13-20-29(32)35-5-2/h11,13-14,16,18,20,27-28,30,33H,3-10,12,15,17,19,21H2,1-2H3/b20-13+. The molecule has 3 unspecified atom stereocenters. The molecule has 7 heteroatoms. The van der Waals surface area contributed by atoms with Gasteiger partial charge in [-0.15, -0.1) is 0 Å². The number of aliphatic hydroxyl groups is 1. The molecule has 1 heterocycles. The Hall–Kier alpha value is -2.90. The zero-order chi connectivity index (χ0) is 27.3. The summed E-state index contributed by atoms with van der Waals surface area (Å²) in [5.41, 5.74) is 2.26. The number of aliphatic hydroxyl groups excluding tert-OH is 1. The molecular formula is C31H42O7. The molecule has 1 N–H and O–H groups in total. The molecule has 3 aliphatic rings. The number of ether oxygens (including phenoxy) is 4. The van der Waals surface area contributed by atoms with Crippen LogP contribution in [0.5, 0.6) is 0 Å². The largest absolute Gasteiger partial charge is 0.492 e. The first-order valence-electron chi connectivity index (χ1n) is 13.9. The number of hydrogen-bond acceptors (Lipinski definition) is 7. The Morgan fingerprint density at radius 3 is 2.45 bits per heavy atom. The van der Waals surface area contributed by atoms with Gasteiger partial charge < -0.3 is 24.1 Å². The maximum Gasteiger partial charge on any atom is 0.339 e. The average molecular weight is 527 g/mol.